The number of amides is 3. The number of aromatic nitrogens is 4. The molecule has 2 aromatic rings. The third kappa shape index (κ3) is 8.16. The van der Waals surface area contributed by atoms with Gasteiger partial charge in [-0.15, -0.1) is 0 Å². The Balaban J connectivity index is 2.18. The zero-order chi connectivity index (χ0) is 26.1. The molecule has 0 saturated carbocycles. The smallest absolute Gasteiger partial charge is 0.326 e. The summed E-state index contributed by atoms with van der Waals surface area (Å²) in [6, 6.07) is -5.49. The number of rotatable bonds is 13. The molecule has 192 valence electrons. The molecule has 0 radical (unpaired) electrons. The van der Waals surface area contributed by atoms with E-state index in [9.17, 15) is 34.5 Å². The number of carboxylic acid groups (broad SMARTS) is 1. The number of carbonyl (C=O) groups is 4. The number of nitrogens with one attached hydrogen (secondary N) is 5. The van der Waals surface area contributed by atoms with Crippen LogP contribution < -0.4 is 21.7 Å². The maximum absolute atomic E-state index is 13.0. The Bertz CT molecular complexity index is 978. The normalized spacial score (nSPS) is 16.3. The minimum Gasteiger partial charge on any atom is -0.480 e. The van der Waals surface area contributed by atoms with E-state index in [2.05, 4.69) is 35.9 Å². The number of imidazole rings is 2. The summed E-state index contributed by atoms with van der Waals surface area (Å²) in [4.78, 5) is 63.0. The molecule has 35 heavy (non-hydrogen) atoms. The molecule has 6 atom stereocenters. The lowest BCUT2D eigenvalue weighted by Crippen LogP contribution is -2.61. The molecule has 6 unspecified atom stereocenters. The molecule has 0 aliphatic rings. The Morgan fingerprint density at radius 2 is 1.37 bits per heavy atom. The zero-order valence-electron chi connectivity index (χ0n) is 19.1. The lowest BCUT2D eigenvalue weighted by molar-refractivity contribution is -0.142. The highest BCUT2D eigenvalue weighted by Crippen LogP contribution is 2.05. The van der Waals surface area contributed by atoms with Crippen molar-refractivity contribution >= 4 is 23.7 Å². The summed E-state index contributed by atoms with van der Waals surface area (Å²) in [6.45, 7) is 2.53. The van der Waals surface area contributed by atoms with Crippen molar-refractivity contribution < 1.29 is 34.5 Å². The summed E-state index contributed by atoms with van der Waals surface area (Å²) >= 11 is 0. The molecular formula is C20H30N8O7. The molecule has 0 saturated heterocycles. The van der Waals surface area contributed by atoms with Crippen LogP contribution in [0.1, 0.15) is 25.2 Å². The molecule has 2 aromatic heterocycles. The average Bonchev–Trinajstić information content (AvgIpc) is 3.49. The summed E-state index contributed by atoms with van der Waals surface area (Å²) in [6.07, 6.45) is 2.78. The first-order chi connectivity index (χ1) is 16.5. The first-order valence-corrected chi connectivity index (χ1v) is 10.7. The van der Waals surface area contributed by atoms with Crippen LogP contribution in [-0.2, 0) is 32.0 Å². The van der Waals surface area contributed by atoms with Gasteiger partial charge in [0.1, 0.15) is 24.2 Å². The van der Waals surface area contributed by atoms with Gasteiger partial charge in [-0.05, 0) is 13.8 Å². The van der Waals surface area contributed by atoms with Gasteiger partial charge in [-0.25, -0.2) is 14.8 Å². The van der Waals surface area contributed by atoms with Crippen molar-refractivity contribution in [1.82, 2.24) is 35.9 Å². The van der Waals surface area contributed by atoms with E-state index in [1.54, 1.807) is 0 Å². The largest absolute Gasteiger partial charge is 0.480 e. The standard InChI is InChI=1S/C20H30N8O7/c1-9(29)15(21)18(32)28-16(10(2)30)19(33)26-13(3-11-5-22-7-24-11)17(31)27-14(20(34)35)4-12-6-23-8-25-12/h5-10,13-16,29-30H,3-4,21H2,1-2H3,(H,22,24)(H,23,25)(H,26,33)(H,27,31)(H,28,32)(H,34,35). The molecule has 0 fully saturated rings. The van der Waals surface area contributed by atoms with Gasteiger partial charge in [-0.2, -0.15) is 0 Å². The number of H-pyrrole nitrogens is 2. The lowest BCUT2D eigenvalue weighted by Gasteiger charge is -2.26. The average molecular weight is 495 g/mol. The van der Waals surface area contributed by atoms with E-state index in [0.29, 0.717) is 11.4 Å². The molecule has 15 heteroatoms. The van der Waals surface area contributed by atoms with E-state index in [-0.39, 0.29) is 12.8 Å². The minimum atomic E-state index is -1.51. The van der Waals surface area contributed by atoms with Crippen molar-refractivity contribution in [1.29, 1.82) is 0 Å². The third-order valence-electron chi connectivity index (χ3n) is 5.09. The molecule has 0 spiro atoms. The lowest BCUT2D eigenvalue weighted by atomic mass is 10.1. The van der Waals surface area contributed by atoms with Crippen LogP contribution in [0.5, 0.6) is 0 Å². The molecule has 3 amide bonds. The molecule has 0 aromatic carbocycles. The number of carbonyl (C=O) groups excluding carboxylic acids is 3. The molecule has 15 nitrogen and oxygen atoms in total. The van der Waals surface area contributed by atoms with Gasteiger partial charge in [0.05, 0.1) is 24.9 Å². The highest BCUT2D eigenvalue weighted by Gasteiger charge is 2.33. The summed E-state index contributed by atoms with van der Waals surface area (Å²) in [5.41, 5.74) is 6.50. The molecule has 10 N–H and O–H groups in total. The van der Waals surface area contributed by atoms with Crippen LogP contribution in [0.2, 0.25) is 0 Å². The zero-order valence-corrected chi connectivity index (χ0v) is 19.1. The maximum Gasteiger partial charge on any atom is 0.326 e. The second kappa shape index (κ2) is 12.6. The molecule has 0 aliphatic heterocycles. The Morgan fingerprint density at radius 3 is 1.80 bits per heavy atom. The summed E-state index contributed by atoms with van der Waals surface area (Å²) in [5.74, 6) is -3.94. The number of aliphatic hydroxyl groups excluding tert-OH is 2. The number of aliphatic hydroxyl groups is 2. The van der Waals surface area contributed by atoms with Crippen LogP contribution in [-0.4, -0.2) is 95.3 Å². The van der Waals surface area contributed by atoms with E-state index in [4.69, 9.17) is 5.73 Å². The molecule has 0 aliphatic carbocycles. The topological polar surface area (TPSA) is 248 Å². The van der Waals surface area contributed by atoms with Crippen molar-refractivity contribution in [3.05, 3.63) is 36.4 Å². The summed E-state index contributed by atoms with van der Waals surface area (Å²) in [5, 5.41) is 36.1. The number of carboxylic acids is 1. The monoisotopic (exact) mass is 494 g/mol. The Hall–Kier alpha value is -3.82. The number of nitrogens with two attached hydrogens (primary N) is 1. The first-order valence-electron chi connectivity index (χ1n) is 10.7. The van der Waals surface area contributed by atoms with Crippen LogP contribution in [0.25, 0.3) is 0 Å². The van der Waals surface area contributed by atoms with Crippen LogP contribution in [0.4, 0.5) is 0 Å². The van der Waals surface area contributed by atoms with Crippen molar-refractivity contribution in [3.63, 3.8) is 0 Å². The number of hydrogen-bond acceptors (Lipinski definition) is 9. The van der Waals surface area contributed by atoms with Gasteiger partial charge in [0.25, 0.3) is 0 Å². The van der Waals surface area contributed by atoms with Crippen LogP contribution in [0.3, 0.4) is 0 Å². The highest BCUT2D eigenvalue weighted by atomic mass is 16.4. The Morgan fingerprint density at radius 1 is 0.857 bits per heavy atom. The van der Waals surface area contributed by atoms with Gasteiger partial charge in [0.15, 0.2) is 0 Å². The fourth-order valence-electron chi connectivity index (χ4n) is 3.05. The van der Waals surface area contributed by atoms with Crippen molar-refractivity contribution in [2.75, 3.05) is 0 Å². The van der Waals surface area contributed by atoms with E-state index >= 15 is 0 Å². The third-order valence-corrected chi connectivity index (χ3v) is 5.09. The van der Waals surface area contributed by atoms with Gasteiger partial charge in [-0.3, -0.25) is 14.4 Å². The van der Waals surface area contributed by atoms with Crippen molar-refractivity contribution in [2.24, 2.45) is 5.73 Å². The molecule has 2 heterocycles. The molecule has 0 bridgehead atoms. The second-order valence-electron chi connectivity index (χ2n) is 8.02. The number of aromatic amines is 2. The SMILES string of the molecule is CC(O)C(N)C(=O)NC(C(=O)NC(Cc1cnc[nH]1)C(=O)NC(Cc1cnc[nH]1)C(=O)O)C(C)O. The van der Waals surface area contributed by atoms with E-state index < -0.39 is 60.1 Å². The van der Waals surface area contributed by atoms with Gasteiger partial charge in [0.2, 0.25) is 17.7 Å². The Labute approximate surface area is 199 Å². The van der Waals surface area contributed by atoms with Gasteiger partial charge >= 0.3 is 5.97 Å². The number of hydrogen-bond donors (Lipinski definition) is 9. The second-order valence-corrected chi connectivity index (χ2v) is 8.02. The number of nitrogens with zero attached hydrogens (tertiary/aromatic N) is 2. The van der Waals surface area contributed by atoms with E-state index in [1.165, 1.54) is 38.9 Å². The Kier molecular flexibility index (Phi) is 9.86. The fraction of sp³-hybridized carbons (Fsp3) is 0.500. The molecule has 2 rings (SSSR count). The maximum atomic E-state index is 13.0. The van der Waals surface area contributed by atoms with Crippen molar-refractivity contribution in [2.45, 2.75) is 63.1 Å². The summed E-state index contributed by atoms with van der Waals surface area (Å²) < 4.78 is 0. The molecular weight excluding hydrogens is 464 g/mol. The van der Waals surface area contributed by atoms with E-state index in [1.807, 2.05) is 0 Å². The minimum absolute atomic E-state index is 0.0879. The first kappa shape index (κ1) is 27.4. The summed E-state index contributed by atoms with van der Waals surface area (Å²) in [7, 11) is 0. The van der Waals surface area contributed by atoms with Crippen LogP contribution in [0.15, 0.2) is 25.0 Å². The van der Waals surface area contributed by atoms with Crippen molar-refractivity contribution in [3.8, 4) is 0 Å². The van der Waals surface area contributed by atoms with Gasteiger partial charge in [-0.1, -0.05) is 0 Å². The van der Waals surface area contributed by atoms with Crippen LogP contribution in [0, 0.1) is 0 Å². The van der Waals surface area contributed by atoms with E-state index in [0.717, 1.165) is 0 Å². The predicted octanol–water partition coefficient (Wildman–Crippen LogP) is -3.45. The predicted molar refractivity (Wildman–Crippen MR) is 119 cm³/mol. The van der Waals surface area contributed by atoms with Gasteiger partial charge < -0.3 is 47.0 Å². The fourth-order valence-corrected chi connectivity index (χ4v) is 3.05. The quantitative estimate of drug-likeness (QED) is 0.133. The number of aliphatic carboxylic acids is 1. The van der Waals surface area contributed by atoms with Crippen LogP contribution >= 0.6 is 0 Å². The van der Waals surface area contributed by atoms with Gasteiger partial charge in [0, 0.05) is 36.6 Å². The highest BCUT2D eigenvalue weighted by molar-refractivity contribution is 5.94.